The van der Waals surface area contributed by atoms with Crippen molar-refractivity contribution in [1.82, 2.24) is 0 Å². The molecule has 1 aromatic carbocycles. The van der Waals surface area contributed by atoms with E-state index in [2.05, 4.69) is 10.1 Å². The van der Waals surface area contributed by atoms with Crippen LogP contribution in [-0.2, 0) is 4.74 Å². The monoisotopic (exact) mass is 315 g/mol. The van der Waals surface area contributed by atoms with Gasteiger partial charge in [0.05, 0.1) is 35.2 Å². The number of hydrogen-bond donors (Lipinski definition) is 3. The third-order valence-electron chi connectivity index (χ3n) is 2.64. The van der Waals surface area contributed by atoms with E-state index in [-0.39, 0.29) is 12.1 Å². The van der Waals surface area contributed by atoms with Crippen molar-refractivity contribution in [3.05, 3.63) is 37.9 Å². The number of rotatable bonds is 7. The van der Waals surface area contributed by atoms with Gasteiger partial charge in [0.1, 0.15) is 0 Å². The predicted molar refractivity (Wildman–Crippen MR) is 72.7 cm³/mol. The first-order valence-corrected chi connectivity index (χ1v) is 5.89. The highest BCUT2D eigenvalue weighted by molar-refractivity contribution is 5.93. The number of hydrogen-bond acceptors (Lipinski definition) is 9. The van der Waals surface area contributed by atoms with Crippen LogP contribution in [0.5, 0.6) is 0 Å². The van der Waals surface area contributed by atoms with Gasteiger partial charge in [0.2, 0.25) is 0 Å². The summed E-state index contributed by atoms with van der Waals surface area (Å²) in [6.07, 6.45) is -1.26. The van der Waals surface area contributed by atoms with Gasteiger partial charge in [-0.15, -0.1) is 0 Å². The number of nitrogens with zero attached hydrogens (tertiary/aromatic N) is 2. The number of anilines is 1. The molecule has 0 saturated heterocycles. The van der Waals surface area contributed by atoms with Gasteiger partial charge < -0.3 is 20.3 Å². The van der Waals surface area contributed by atoms with Gasteiger partial charge in [-0.2, -0.15) is 0 Å². The highest BCUT2D eigenvalue weighted by Crippen LogP contribution is 2.35. The van der Waals surface area contributed by atoms with Crippen LogP contribution in [0.25, 0.3) is 0 Å². The molecule has 0 aromatic heterocycles. The molecular weight excluding hydrogens is 302 g/mol. The Hall–Kier alpha value is -2.79. The second-order valence-corrected chi connectivity index (χ2v) is 4.11. The van der Waals surface area contributed by atoms with Crippen molar-refractivity contribution in [3.63, 3.8) is 0 Å². The molecule has 0 aliphatic carbocycles. The maximum Gasteiger partial charge on any atom is 0.338 e. The van der Waals surface area contributed by atoms with E-state index >= 15 is 0 Å². The quantitative estimate of drug-likeness (QED) is 0.358. The molecule has 0 bridgehead atoms. The molecule has 0 saturated carbocycles. The lowest BCUT2D eigenvalue weighted by molar-refractivity contribution is -0.392. The molecule has 1 rings (SSSR count). The molecule has 22 heavy (non-hydrogen) atoms. The van der Waals surface area contributed by atoms with E-state index < -0.39 is 45.6 Å². The summed E-state index contributed by atoms with van der Waals surface area (Å²) in [6, 6.07) is 1.65. The van der Waals surface area contributed by atoms with E-state index in [1.165, 1.54) is 0 Å². The van der Waals surface area contributed by atoms with Crippen LogP contribution in [0, 0.1) is 20.2 Å². The van der Waals surface area contributed by atoms with E-state index in [9.17, 15) is 30.1 Å². The molecular formula is C11H13N3O8. The summed E-state index contributed by atoms with van der Waals surface area (Å²) in [5.41, 5.74) is -2.27. The van der Waals surface area contributed by atoms with Crippen LogP contribution in [0.15, 0.2) is 12.1 Å². The molecule has 11 heteroatoms. The first-order chi connectivity index (χ1) is 10.3. The Bertz CT molecular complexity index is 568. The molecule has 0 heterocycles. The first kappa shape index (κ1) is 17.3. The summed E-state index contributed by atoms with van der Waals surface area (Å²) in [5.74, 6) is -0.965. The maximum absolute atomic E-state index is 11.4. The molecule has 0 fully saturated rings. The van der Waals surface area contributed by atoms with Crippen LogP contribution < -0.4 is 5.32 Å². The molecule has 0 spiro atoms. The standard InChI is InChI=1S/C11H13N3O8/c1-22-11(17)6-2-8(13(18)19)10(9(3-6)14(20)21)12-4-7(16)5-15/h2-3,7,12,15-16H,4-5H2,1H3. The minimum atomic E-state index is -1.26. The van der Waals surface area contributed by atoms with Crippen LogP contribution in [0.1, 0.15) is 10.4 Å². The second-order valence-electron chi connectivity index (χ2n) is 4.11. The van der Waals surface area contributed by atoms with Gasteiger partial charge in [0.25, 0.3) is 11.4 Å². The topological polar surface area (TPSA) is 165 Å². The van der Waals surface area contributed by atoms with E-state index in [0.717, 1.165) is 19.2 Å². The molecule has 1 unspecified atom stereocenters. The summed E-state index contributed by atoms with van der Waals surface area (Å²) in [5, 5.41) is 42.4. The average molecular weight is 315 g/mol. The lowest BCUT2D eigenvalue weighted by atomic mass is 10.1. The summed E-state index contributed by atoms with van der Waals surface area (Å²) < 4.78 is 4.38. The van der Waals surface area contributed by atoms with Gasteiger partial charge in [-0.3, -0.25) is 20.2 Å². The zero-order chi connectivity index (χ0) is 16.9. The molecule has 0 aliphatic rings. The highest BCUT2D eigenvalue weighted by Gasteiger charge is 2.29. The largest absolute Gasteiger partial charge is 0.465 e. The molecule has 1 aromatic rings. The zero-order valence-electron chi connectivity index (χ0n) is 11.4. The Kier molecular flexibility index (Phi) is 5.72. The number of carbonyl (C=O) groups is 1. The molecule has 0 radical (unpaired) electrons. The highest BCUT2D eigenvalue weighted by atomic mass is 16.6. The fourth-order valence-corrected chi connectivity index (χ4v) is 1.60. The van der Waals surface area contributed by atoms with Crippen molar-refractivity contribution in [2.75, 3.05) is 25.6 Å². The number of aliphatic hydroxyl groups is 2. The van der Waals surface area contributed by atoms with Crippen LogP contribution in [0.2, 0.25) is 0 Å². The SMILES string of the molecule is COC(=O)c1cc([N+](=O)[O-])c(NCC(O)CO)c([N+](=O)[O-])c1. The summed E-state index contributed by atoms with van der Waals surface area (Å²) >= 11 is 0. The summed E-state index contributed by atoms with van der Waals surface area (Å²) in [6.45, 7) is -0.982. The van der Waals surface area contributed by atoms with E-state index in [4.69, 9.17) is 5.11 Å². The van der Waals surface area contributed by atoms with Crippen LogP contribution in [0.3, 0.4) is 0 Å². The fraction of sp³-hybridized carbons (Fsp3) is 0.364. The van der Waals surface area contributed by atoms with Crippen LogP contribution >= 0.6 is 0 Å². The third kappa shape index (κ3) is 3.86. The van der Waals surface area contributed by atoms with Crippen LogP contribution in [0.4, 0.5) is 17.1 Å². The number of aliphatic hydroxyl groups excluding tert-OH is 2. The van der Waals surface area contributed by atoms with Crippen molar-refractivity contribution < 1.29 is 29.6 Å². The van der Waals surface area contributed by atoms with Gasteiger partial charge in [-0.25, -0.2) is 4.79 Å². The minimum Gasteiger partial charge on any atom is -0.465 e. The average Bonchev–Trinajstić information content (AvgIpc) is 2.50. The number of esters is 1. The van der Waals surface area contributed by atoms with E-state index in [1.807, 2.05) is 0 Å². The van der Waals surface area contributed by atoms with E-state index in [0.29, 0.717) is 0 Å². The van der Waals surface area contributed by atoms with Crippen LogP contribution in [-0.4, -0.2) is 52.4 Å². The Balaban J connectivity index is 3.40. The molecule has 1 atom stereocenters. The van der Waals surface area contributed by atoms with Gasteiger partial charge in [-0.1, -0.05) is 0 Å². The number of methoxy groups -OCH3 is 1. The lowest BCUT2D eigenvalue weighted by Gasteiger charge is -2.11. The van der Waals surface area contributed by atoms with Gasteiger partial charge in [0.15, 0.2) is 5.69 Å². The summed E-state index contributed by atoms with van der Waals surface area (Å²) in [4.78, 5) is 31.7. The fourth-order valence-electron chi connectivity index (χ4n) is 1.60. The molecule has 120 valence electrons. The smallest absolute Gasteiger partial charge is 0.338 e. The zero-order valence-corrected chi connectivity index (χ0v) is 11.4. The third-order valence-corrected chi connectivity index (χ3v) is 2.64. The first-order valence-electron chi connectivity index (χ1n) is 5.89. The van der Waals surface area contributed by atoms with Gasteiger partial charge in [0, 0.05) is 18.7 Å². The van der Waals surface area contributed by atoms with Crippen molar-refractivity contribution in [2.45, 2.75) is 6.10 Å². The number of ether oxygens (including phenoxy) is 1. The Morgan fingerprint density at radius 3 is 2.18 bits per heavy atom. The molecule has 3 N–H and O–H groups in total. The molecule has 0 aliphatic heterocycles. The minimum absolute atomic E-state index is 0.351. The van der Waals surface area contributed by atoms with Crippen molar-refractivity contribution in [2.24, 2.45) is 0 Å². The number of benzene rings is 1. The van der Waals surface area contributed by atoms with Crippen molar-refractivity contribution in [1.29, 1.82) is 0 Å². The van der Waals surface area contributed by atoms with Gasteiger partial charge >= 0.3 is 5.97 Å². The lowest BCUT2D eigenvalue weighted by Crippen LogP contribution is -2.23. The summed E-state index contributed by atoms with van der Waals surface area (Å²) in [7, 11) is 1.03. The number of nitro groups is 2. The predicted octanol–water partition coefficient (Wildman–Crippen LogP) is 0.0547. The number of nitrogens with one attached hydrogen (secondary N) is 1. The molecule has 11 nitrogen and oxygen atoms in total. The Morgan fingerprint density at radius 2 is 1.82 bits per heavy atom. The van der Waals surface area contributed by atoms with Gasteiger partial charge in [-0.05, 0) is 0 Å². The Morgan fingerprint density at radius 1 is 1.32 bits per heavy atom. The van der Waals surface area contributed by atoms with Crippen molar-refractivity contribution >= 4 is 23.0 Å². The normalized spacial score (nSPS) is 11.6. The van der Waals surface area contributed by atoms with E-state index in [1.54, 1.807) is 0 Å². The Labute approximate surface area is 123 Å². The van der Waals surface area contributed by atoms with Crippen molar-refractivity contribution in [3.8, 4) is 0 Å². The number of carbonyl (C=O) groups excluding carboxylic acids is 1. The molecule has 0 amide bonds. The second kappa shape index (κ2) is 7.28. The number of nitro benzene ring substituents is 2. The maximum atomic E-state index is 11.4.